The van der Waals surface area contributed by atoms with E-state index in [0.717, 1.165) is 31.5 Å². The standard InChI is InChI=1S/C14H23N3O3/c1-10(2)17-13(15-9-16-17)8-20-12-6-4-11(5-7-12)14(18)19-3/h9-12H,4-8H2,1-3H3. The van der Waals surface area contributed by atoms with Crippen molar-refractivity contribution in [3.05, 3.63) is 12.2 Å². The highest BCUT2D eigenvalue weighted by atomic mass is 16.5. The maximum atomic E-state index is 11.5. The van der Waals surface area contributed by atoms with Crippen molar-refractivity contribution in [1.82, 2.24) is 14.8 Å². The Morgan fingerprint density at radius 2 is 2.10 bits per heavy atom. The molecular weight excluding hydrogens is 258 g/mol. The Morgan fingerprint density at radius 3 is 2.70 bits per heavy atom. The lowest BCUT2D eigenvalue weighted by molar-refractivity contribution is -0.147. The van der Waals surface area contributed by atoms with Crippen LogP contribution in [0, 0.1) is 5.92 Å². The minimum Gasteiger partial charge on any atom is -0.469 e. The van der Waals surface area contributed by atoms with Gasteiger partial charge in [-0.2, -0.15) is 5.10 Å². The molecule has 1 aromatic rings. The van der Waals surface area contributed by atoms with Crippen LogP contribution in [0.3, 0.4) is 0 Å². The topological polar surface area (TPSA) is 66.2 Å². The summed E-state index contributed by atoms with van der Waals surface area (Å²) in [7, 11) is 1.45. The smallest absolute Gasteiger partial charge is 0.308 e. The highest BCUT2D eigenvalue weighted by Crippen LogP contribution is 2.27. The molecule has 1 heterocycles. The zero-order valence-corrected chi connectivity index (χ0v) is 12.4. The van der Waals surface area contributed by atoms with Crippen molar-refractivity contribution in [2.75, 3.05) is 7.11 Å². The molecule has 0 N–H and O–H groups in total. The number of rotatable bonds is 5. The van der Waals surface area contributed by atoms with Crippen molar-refractivity contribution >= 4 is 5.97 Å². The van der Waals surface area contributed by atoms with Crippen molar-refractivity contribution in [2.24, 2.45) is 5.92 Å². The van der Waals surface area contributed by atoms with Crippen LogP contribution in [0.25, 0.3) is 0 Å². The fourth-order valence-electron chi connectivity index (χ4n) is 2.63. The van der Waals surface area contributed by atoms with Crippen LogP contribution in [-0.4, -0.2) is 33.9 Å². The number of carbonyl (C=O) groups is 1. The van der Waals surface area contributed by atoms with Gasteiger partial charge in [0, 0.05) is 6.04 Å². The molecule has 0 aromatic carbocycles. The number of hydrogen-bond acceptors (Lipinski definition) is 5. The Hall–Kier alpha value is -1.43. The fraction of sp³-hybridized carbons (Fsp3) is 0.786. The van der Waals surface area contributed by atoms with Gasteiger partial charge >= 0.3 is 5.97 Å². The molecular formula is C14H23N3O3. The minimum absolute atomic E-state index is 0.0409. The summed E-state index contributed by atoms with van der Waals surface area (Å²) in [6.45, 7) is 4.62. The van der Waals surface area contributed by atoms with Gasteiger partial charge < -0.3 is 9.47 Å². The lowest BCUT2D eigenvalue weighted by Gasteiger charge is -2.26. The van der Waals surface area contributed by atoms with Crippen LogP contribution in [0.15, 0.2) is 6.33 Å². The predicted molar refractivity (Wildman–Crippen MR) is 73.0 cm³/mol. The lowest BCUT2D eigenvalue weighted by Crippen LogP contribution is -2.27. The van der Waals surface area contributed by atoms with E-state index in [2.05, 4.69) is 23.9 Å². The van der Waals surface area contributed by atoms with E-state index in [4.69, 9.17) is 9.47 Å². The summed E-state index contributed by atoms with van der Waals surface area (Å²) in [6, 6.07) is 0.283. The molecule has 0 saturated heterocycles. The van der Waals surface area contributed by atoms with Crippen molar-refractivity contribution in [1.29, 1.82) is 0 Å². The zero-order valence-electron chi connectivity index (χ0n) is 12.4. The summed E-state index contributed by atoms with van der Waals surface area (Å²) in [6.07, 6.45) is 5.24. The van der Waals surface area contributed by atoms with Gasteiger partial charge in [-0.3, -0.25) is 4.79 Å². The normalized spacial score (nSPS) is 23.0. The monoisotopic (exact) mass is 281 g/mol. The first kappa shape index (κ1) is 15.0. The summed E-state index contributed by atoms with van der Waals surface area (Å²) in [5, 5.41) is 4.19. The van der Waals surface area contributed by atoms with E-state index in [1.54, 1.807) is 6.33 Å². The van der Waals surface area contributed by atoms with Gasteiger partial charge in [-0.05, 0) is 39.5 Å². The third-order valence-electron chi connectivity index (χ3n) is 3.79. The number of hydrogen-bond donors (Lipinski definition) is 0. The van der Waals surface area contributed by atoms with Crippen molar-refractivity contribution in [3.8, 4) is 0 Å². The number of aromatic nitrogens is 3. The summed E-state index contributed by atoms with van der Waals surface area (Å²) in [4.78, 5) is 15.7. The lowest BCUT2D eigenvalue weighted by atomic mass is 9.87. The first-order valence-corrected chi connectivity index (χ1v) is 7.19. The highest BCUT2D eigenvalue weighted by Gasteiger charge is 2.27. The van der Waals surface area contributed by atoms with Gasteiger partial charge in [0.25, 0.3) is 0 Å². The molecule has 1 aliphatic rings. The Morgan fingerprint density at radius 1 is 1.40 bits per heavy atom. The molecule has 0 radical (unpaired) electrons. The van der Waals surface area contributed by atoms with Crippen molar-refractivity contribution in [3.63, 3.8) is 0 Å². The Kier molecular flexibility index (Phi) is 5.11. The van der Waals surface area contributed by atoms with Gasteiger partial charge in [0.15, 0.2) is 5.82 Å². The van der Waals surface area contributed by atoms with Crippen LogP contribution in [-0.2, 0) is 20.9 Å². The van der Waals surface area contributed by atoms with E-state index >= 15 is 0 Å². The fourth-order valence-corrected chi connectivity index (χ4v) is 2.63. The summed E-state index contributed by atoms with van der Waals surface area (Å²) in [5.41, 5.74) is 0. The molecule has 0 bridgehead atoms. The SMILES string of the molecule is COC(=O)C1CCC(OCc2ncnn2C(C)C)CC1. The van der Waals surface area contributed by atoms with Crippen LogP contribution in [0.1, 0.15) is 51.4 Å². The van der Waals surface area contributed by atoms with Crippen molar-refractivity contribution < 1.29 is 14.3 Å². The van der Waals surface area contributed by atoms with Crippen LogP contribution in [0.4, 0.5) is 0 Å². The molecule has 2 rings (SSSR count). The van der Waals surface area contributed by atoms with E-state index in [1.807, 2.05) is 4.68 Å². The second-order valence-corrected chi connectivity index (χ2v) is 5.52. The van der Waals surface area contributed by atoms with Crippen LogP contribution < -0.4 is 0 Å². The second kappa shape index (κ2) is 6.83. The van der Waals surface area contributed by atoms with Gasteiger partial charge in [-0.1, -0.05) is 0 Å². The molecule has 0 spiro atoms. The first-order chi connectivity index (χ1) is 9.61. The van der Waals surface area contributed by atoms with Crippen LogP contribution in [0.5, 0.6) is 0 Å². The summed E-state index contributed by atoms with van der Waals surface area (Å²) < 4.78 is 12.6. The molecule has 20 heavy (non-hydrogen) atoms. The van der Waals surface area contributed by atoms with Gasteiger partial charge in [0.05, 0.1) is 19.1 Å². The summed E-state index contributed by atoms with van der Waals surface area (Å²) in [5.74, 6) is 0.803. The van der Waals surface area contributed by atoms with Gasteiger partial charge in [-0.15, -0.1) is 0 Å². The molecule has 6 nitrogen and oxygen atoms in total. The largest absolute Gasteiger partial charge is 0.469 e. The number of nitrogens with zero attached hydrogens (tertiary/aromatic N) is 3. The third-order valence-corrected chi connectivity index (χ3v) is 3.79. The molecule has 1 aliphatic carbocycles. The first-order valence-electron chi connectivity index (χ1n) is 7.19. The average molecular weight is 281 g/mol. The van der Waals surface area contributed by atoms with Gasteiger partial charge in [0.2, 0.25) is 0 Å². The highest BCUT2D eigenvalue weighted by molar-refractivity contribution is 5.72. The molecule has 0 unspecified atom stereocenters. The van der Waals surface area contributed by atoms with Crippen molar-refractivity contribution in [2.45, 2.75) is 58.3 Å². The molecule has 0 amide bonds. The van der Waals surface area contributed by atoms with Gasteiger partial charge in [0.1, 0.15) is 12.9 Å². The molecule has 0 aliphatic heterocycles. The third kappa shape index (κ3) is 3.56. The maximum Gasteiger partial charge on any atom is 0.308 e. The minimum atomic E-state index is -0.0944. The number of esters is 1. The molecule has 0 atom stereocenters. The molecule has 6 heteroatoms. The Labute approximate surface area is 119 Å². The zero-order chi connectivity index (χ0) is 14.5. The van der Waals surface area contributed by atoms with Crippen LogP contribution >= 0.6 is 0 Å². The molecule has 1 fully saturated rings. The second-order valence-electron chi connectivity index (χ2n) is 5.52. The van der Waals surface area contributed by atoms with E-state index in [0.29, 0.717) is 6.61 Å². The van der Waals surface area contributed by atoms with E-state index in [9.17, 15) is 4.79 Å². The van der Waals surface area contributed by atoms with Gasteiger partial charge in [-0.25, -0.2) is 9.67 Å². The predicted octanol–water partition coefficient (Wildman–Crippen LogP) is 2.11. The number of methoxy groups -OCH3 is 1. The maximum absolute atomic E-state index is 11.5. The van der Waals surface area contributed by atoms with E-state index in [-0.39, 0.29) is 24.0 Å². The average Bonchev–Trinajstić information content (AvgIpc) is 2.93. The summed E-state index contributed by atoms with van der Waals surface area (Å²) >= 11 is 0. The number of carbonyl (C=O) groups excluding carboxylic acids is 1. The quantitative estimate of drug-likeness (QED) is 0.773. The molecule has 112 valence electrons. The Balaban J connectivity index is 1.79. The molecule has 1 saturated carbocycles. The van der Waals surface area contributed by atoms with Crippen LogP contribution in [0.2, 0.25) is 0 Å². The van der Waals surface area contributed by atoms with E-state index < -0.39 is 0 Å². The Bertz CT molecular complexity index is 437. The molecule has 1 aromatic heterocycles. The number of ether oxygens (including phenoxy) is 2. The van der Waals surface area contributed by atoms with E-state index in [1.165, 1.54) is 7.11 Å².